The highest BCUT2D eigenvalue weighted by Crippen LogP contribution is 2.46. The van der Waals surface area contributed by atoms with E-state index in [9.17, 15) is 19.5 Å². The number of aliphatic hydroxyl groups is 1. The van der Waals surface area contributed by atoms with Crippen LogP contribution < -0.4 is 5.32 Å². The number of amides is 2. The summed E-state index contributed by atoms with van der Waals surface area (Å²) in [4.78, 5) is 41.9. The number of benzene rings is 1. The summed E-state index contributed by atoms with van der Waals surface area (Å²) in [6.07, 6.45) is 10.3. The van der Waals surface area contributed by atoms with Gasteiger partial charge in [0.05, 0.1) is 24.3 Å². The Morgan fingerprint density at radius 2 is 1.85 bits per heavy atom. The second-order valence-electron chi connectivity index (χ2n) is 11.9. The first-order valence-corrected chi connectivity index (χ1v) is 14.7. The number of nitrogens with zero attached hydrogens (tertiary/aromatic N) is 2. The van der Waals surface area contributed by atoms with Gasteiger partial charge >= 0.3 is 0 Å². The molecule has 3 atom stereocenters. The van der Waals surface area contributed by atoms with Crippen LogP contribution >= 0.6 is 0 Å². The molecule has 1 spiro atoms. The summed E-state index contributed by atoms with van der Waals surface area (Å²) in [6, 6.07) is 9.36. The summed E-state index contributed by atoms with van der Waals surface area (Å²) in [7, 11) is 0. The Kier molecular flexibility index (Phi) is 8.50. The van der Waals surface area contributed by atoms with E-state index in [1.807, 2.05) is 4.90 Å². The lowest BCUT2D eigenvalue weighted by Gasteiger charge is -2.41. The van der Waals surface area contributed by atoms with Crippen LogP contribution in [-0.4, -0.2) is 58.0 Å². The minimum atomic E-state index is -0.968. The van der Waals surface area contributed by atoms with Crippen LogP contribution in [0.25, 0.3) is 0 Å². The highest BCUT2D eigenvalue weighted by Gasteiger charge is 2.43. The van der Waals surface area contributed by atoms with Crippen LogP contribution in [0.5, 0.6) is 0 Å². The third-order valence-corrected chi connectivity index (χ3v) is 9.46. The summed E-state index contributed by atoms with van der Waals surface area (Å²) in [5.41, 5.74) is 2.97. The molecule has 3 aliphatic rings. The number of nitrogens with one attached hydrogen (secondary N) is 1. The molecule has 2 N–H and O–H groups in total. The summed E-state index contributed by atoms with van der Waals surface area (Å²) >= 11 is 0. The van der Waals surface area contributed by atoms with E-state index in [0.29, 0.717) is 25.4 Å². The fraction of sp³-hybridized carbons (Fsp3) is 0.613. The number of carbonyl (C=O) groups is 3. The van der Waals surface area contributed by atoms with Gasteiger partial charge in [0, 0.05) is 25.6 Å². The normalized spacial score (nSPS) is 21.2. The van der Waals surface area contributed by atoms with Gasteiger partial charge in [0.25, 0.3) is 5.91 Å². The Morgan fingerprint density at radius 3 is 2.54 bits per heavy atom. The highest BCUT2D eigenvalue weighted by atomic mass is 16.5. The van der Waals surface area contributed by atoms with E-state index in [0.717, 1.165) is 51.4 Å². The quantitative estimate of drug-likeness (QED) is 0.498. The van der Waals surface area contributed by atoms with Gasteiger partial charge in [-0.05, 0) is 61.5 Å². The van der Waals surface area contributed by atoms with Gasteiger partial charge in [-0.3, -0.25) is 14.4 Å². The van der Waals surface area contributed by atoms with Crippen molar-refractivity contribution in [3.8, 4) is 0 Å². The van der Waals surface area contributed by atoms with Crippen LogP contribution in [0.1, 0.15) is 92.8 Å². The van der Waals surface area contributed by atoms with Crippen molar-refractivity contribution in [1.29, 1.82) is 0 Å². The van der Waals surface area contributed by atoms with E-state index in [1.165, 1.54) is 29.8 Å². The molecule has 2 heterocycles. The molecule has 1 saturated carbocycles. The van der Waals surface area contributed by atoms with Crippen LogP contribution in [0.2, 0.25) is 0 Å². The van der Waals surface area contributed by atoms with E-state index < -0.39 is 24.0 Å². The number of Topliss-reactive ketones (excluding diaryl/α,β-unsaturated/α-hetero) is 1. The van der Waals surface area contributed by atoms with Crippen molar-refractivity contribution in [3.05, 3.63) is 53.4 Å². The Labute approximate surface area is 230 Å². The van der Waals surface area contributed by atoms with Crippen LogP contribution in [0.3, 0.4) is 0 Å². The number of carbonyl (C=O) groups excluding carboxylic acids is 3. The zero-order valence-corrected chi connectivity index (χ0v) is 22.9. The van der Waals surface area contributed by atoms with E-state index in [1.54, 1.807) is 6.92 Å². The minimum Gasteiger partial charge on any atom is -0.393 e. The molecule has 8 heteroatoms. The largest absolute Gasteiger partial charge is 0.393 e. The van der Waals surface area contributed by atoms with Crippen molar-refractivity contribution < 1.29 is 24.0 Å². The van der Waals surface area contributed by atoms with Crippen LogP contribution in [-0.2, 0) is 21.4 Å². The first kappa shape index (κ1) is 27.6. The Morgan fingerprint density at radius 1 is 1.10 bits per heavy atom. The van der Waals surface area contributed by atoms with Crippen LogP contribution in [0.4, 0.5) is 0 Å². The molecule has 8 nitrogen and oxygen atoms in total. The number of hydrogen-bond acceptors (Lipinski definition) is 6. The third-order valence-electron chi connectivity index (χ3n) is 9.46. The number of rotatable bonds is 9. The Balaban J connectivity index is 1.25. The molecular formula is C31H41N3O5. The van der Waals surface area contributed by atoms with Gasteiger partial charge in [-0.2, -0.15) is 0 Å². The highest BCUT2D eigenvalue weighted by molar-refractivity contribution is 5.97. The van der Waals surface area contributed by atoms with Gasteiger partial charge in [-0.25, -0.2) is 0 Å². The minimum absolute atomic E-state index is 0.0512. The number of aryl methyl sites for hydroxylation is 1. The number of ketones is 1. The standard InChI is InChI=1S/C31H41N3O5/c1-21(35)24(30(38)34-17-14-31(15-18-34)13-11-23-9-5-6-10-25(23)31)20-27(36)26(19-22-7-3-2-4-8-22)33-29(37)28-12-16-32-39-28/h5-6,9-10,12,16,21-22,24,26,35H,2-4,7-8,11,13-15,17-20H2,1H3,(H,33,37)/t21-,24+,26+/m1/s1. The van der Waals surface area contributed by atoms with E-state index >= 15 is 0 Å². The van der Waals surface area contributed by atoms with Crippen molar-refractivity contribution in [3.63, 3.8) is 0 Å². The van der Waals surface area contributed by atoms with Gasteiger partial charge in [0.1, 0.15) is 0 Å². The molecule has 1 aromatic heterocycles. The lowest BCUT2D eigenvalue weighted by molar-refractivity contribution is -0.143. The number of fused-ring (bicyclic) bond motifs is 2. The predicted molar refractivity (Wildman–Crippen MR) is 146 cm³/mol. The SMILES string of the molecule is C[C@@H](O)[C@H](CC(=O)[C@H](CC1CCCCC1)NC(=O)c1ccno1)C(=O)N1CCC2(CCc3ccccc32)CC1. The molecule has 210 valence electrons. The monoisotopic (exact) mass is 535 g/mol. The molecule has 0 bridgehead atoms. The smallest absolute Gasteiger partial charge is 0.290 e. The van der Waals surface area contributed by atoms with Crippen molar-refractivity contribution in [2.45, 2.75) is 95.1 Å². The summed E-state index contributed by atoms with van der Waals surface area (Å²) in [5, 5.41) is 17.1. The third kappa shape index (κ3) is 6.11. The number of piperidine rings is 1. The van der Waals surface area contributed by atoms with Crippen LogP contribution in [0.15, 0.2) is 41.1 Å². The second kappa shape index (κ2) is 12.0. The average Bonchev–Trinajstić information content (AvgIpc) is 3.61. The molecule has 2 aliphatic carbocycles. The maximum Gasteiger partial charge on any atom is 0.290 e. The summed E-state index contributed by atoms with van der Waals surface area (Å²) in [5.74, 6) is -1.31. The molecule has 0 radical (unpaired) electrons. The zero-order chi connectivity index (χ0) is 27.4. The molecular weight excluding hydrogens is 494 g/mol. The van der Waals surface area contributed by atoms with Crippen molar-refractivity contribution in [1.82, 2.24) is 15.4 Å². The fourth-order valence-corrected chi connectivity index (χ4v) is 7.09. The number of aromatic nitrogens is 1. The zero-order valence-electron chi connectivity index (χ0n) is 22.9. The fourth-order valence-electron chi connectivity index (χ4n) is 7.09. The summed E-state index contributed by atoms with van der Waals surface area (Å²) < 4.78 is 4.99. The lowest BCUT2D eigenvalue weighted by Crippen LogP contribution is -2.50. The maximum absolute atomic E-state index is 13.6. The van der Waals surface area contributed by atoms with Gasteiger partial charge in [0.2, 0.25) is 11.7 Å². The van der Waals surface area contributed by atoms with Gasteiger partial charge < -0.3 is 19.8 Å². The molecule has 2 amide bonds. The number of hydrogen-bond donors (Lipinski definition) is 2. The van der Waals surface area contributed by atoms with Crippen molar-refractivity contribution in [2.24, 2.45) is 11.8 Å². The van der Waals surface area contributed by atoms with Gasteiger partial charge in [-0.15, -0.1) is 0 Å². The summed E-state index contributed by atoms with van der Waals surface area (Å²) in [6.45, 7) is 2.83. The molecule has 1 aliphatic heterocycles. The molecule has 1 aromatic carbocycles. The second-order valence-corrected chi connectivity index (χ2v) is 11.9. The van der Waals surface area contributed by atoms with Crippen molar-refractivity contribution in [2.75, 3.05) is 13.1 Å². The Hall–Kier alpha value is -3.00. The Bertz CT molecular complexity index is 1150. The molecule has 2 aromatic rings. The maximum atomic E-state index is 13.6. The molecule has 0 unspecified atom stereocenters. The number of aliphatic hydroxyl groups excluding tert-OH is 1. The average molecular weight is 536 g/mol. The first-order valence-electron chi connectivity index (χ1n) is 14.7. The molecule has 39 heavy (non-hydrogen) atoms. The van der Waals surface area contributed by atoms with E-state index in [2.05, 4.69) is 34.7 Å². The lowest BCUT2D eigenvalue weighted by atomic mass is 9.73. The van der Waals surface area contributed by atoms with E-state index in [4.69, 9.17) is 4.52 Å². The van der Waals surface area contributed by atoms with Gasteiger partial charge in [0.15, 0.2) is 5.78 Å². The molecule has 2 fully saturated rings. The van der Waals surface area contributed by atoms with Crippen LogP contribution in [0, 0.1) is 11.8 Å². The molecule has 5 rings (SSSR count). The topological polar surface area (TPSA) is 113 Å². The molecule has 1 saturated heterocycles. The van der Waals surface area contributed by atoms with E-state index in [-0.39, 0.29) is 29.3 Å². The predicted octanol–water partition coefficient (Wildman–Crippen LogP) is 4.21. The van der Waals surface area contributed by atoms with Gasteiger partial charge in [-0.1, -0.05) is 61.5 Å². The van der Waals surface area contributed by atoms with Crippen molar-refractivity contribution >= 4 is 17.6 Å². The first-order chi connectivity index (χ1) is 18.9. The number of likely N-dealkylation sites (tertiary alicyclic amines) is 1.